The minimum atomic E-state index is -0.340. The maximum atomic E-state index is 12.7. The van der Waals surface area contributed by atoms with Gasteiger partial charge in [0.25, 0.3) is 5.91 Å². The van der Waals surface area contributed by atoms with Crippen LogP contribution in [0, 0.1) is 0 Å². The standard InChI is InChI=1S/C20H19Cl2N3O3/c21-14-5-6-15(16(22)13-14)19(26)24-10-7-23(8-11-24)9-12-25-17-3-1-2-4-18(17)28-20(25)27/h1-6,13H,7-12H2. The Morgan fingerprint density at radius 3 is 2.50 bits per heavy atom. The van der Waals surface area contributed by atoms with Crippen molar-refractivity contribution in [2.75, 3.05) is 32.7 Å². The van der Waals surface area contributed by atoms with Gasteiger partial charge in [-0.3, -0.25) is 14.3 Å². The number of halogens is 2. The third kappa shape index (κ3) is 3.81. The van der Waals surface area contributed by atoms with Crippen molar-refractivity contribution < 1.29 is 9.21 Å². The molecule has 4 rings (SSSR count). The fourth-order valence-corrected chi connectivity index (χ4v) is 3.96. The smallest absolute Gasteiger partial charge is 0.408 e. The lowest BCUT2D eigenvalue weighted by Gasteiger charge is -2.34. The fraction of sp³-hybridized carbons (Fsp3) is 0.300. The quantitative estimate of drug-likeness (QED) is 0.650. The van der Waals surface area contributed by atoms with Gasteiger partial charge in [-0.05, 0) is 30.3 Å². The van der Waals surface area contributed by atoms with E-state index in [2.05, 4.69) is 4.90 Å². The molecule has 0 radical (unpaired) electrons. The predicted molar refractivity (Wildman–Crippen MR) is 109 cm³/mol. The van der Waals surface area contributed by atoms with Gasteiger partial charge < -0.3 is 9.32 Å². The molecule has 2 heterocycles. The summed E-state index contributed by atoms with van der Waals surface area (Å²) in [5.74, 6) is -0.425. The molecule has 3 aromatic rings. The average Bonchev–Trinajstić information content (AvgIpc) is 3.01. The lowest BCUT2D eigenvalue weighted by Crippen LogP contribution is -2.49. The Hall–Kier alpha value is -2.28. The molecular weight excluding hydrogens is 401 g/mol. The van der Waals surface area contributed by atoms with Crippen molar-refractivity contribution >= 4 is 40.2 Å². The van der Waals surface area contributed by atoms with Gasteiger partial charge in [0.1, 0.15) is 0 Å². The van der Waals surface area contributed by atoms with Crippen LogP contribution in [0.2, 0.25) is 10.0 Å². The van der Waals surface area contributed by atoms with Gasteiger partial charge >= 0.3 is 5.76 Å². The monoisotopic (exact) mass is 419 g/mol. The van der Waals surface area contributed by atoms with Crippen molar-refractivity contribution in [2.24, 2.45) is 0 Å². The Morgan fingerprint density at radius 2 is 1.75 bits per heavy atom. The van der Waals surface area contributed by atoms with Crippen LogP contribution in [0.5, 0.6) is 0 Å². The summed E-state index contributed by atoms with van der Waals surface area (Å²) in [6.07, 6.45) is 0. The molecule has 1 aliphatic heterocycles. The summed E-state index contributed by atoms with van der Waals surface area (Å²) >= 11 is 12.1. The van der Waals surface area contributed by atoms with Gasteiger partial charge in [-0.1, -0.05) is 35.3 Å². The van der Waals surface area contributed by atoms with Gasteiger partial charge in [-0.2, -0.15) is 0 Å². The van der Waals surface area contributed by atoms with Gasteiger partial charge in [0, 0.05) is 44.3 Å². The summed E-state index contributed by atoms with van der Waals surface area (Å²) in [4.78, 5) is 28.8. The molecule has 28 heavy (non-hydrogen) atoms. The Labute approximate surface area is 171 Å². The van der Waals surface area contributed by atoms with Crippen LogP contribution in [0.1, 0.15) is 10.4 Å². The number of benzene rings is 2. The number of oxazole rings is 1. The highest BCUT2D eigenvalue weighted by atomic mass is 35.5. The number of rotatable bonds is 4. The van der Waals surface area contributed by atoms with Crippen molar-refractivity contribution in [3.05, 3.63) is 68.6 Å². The van der Waals surface area contributed by atoms with Crippen molar-refractivity contribution in [3.8, 4) is 0 Å². The molecule has 0 spiro atoms. The first-order chi connectivity index (χ1) is 13.5. The highest BCUT2D eigenvalue weighted by molar-refractivity contribution is 6.36. The summed E-state index contributed by atoms with van der Waals surface area (Å²) in [6.45, 7) is 3.96. The van der Waals surface area contributed by atoms with Gasteiger partial charge in [0.15, 0.2) is 5.58 Å². The number of carbonyl (C=O) groups is 1. The van der Waals surface area contributed by atoms with Crippen molar-refractivity contribution in [3.63, 3.8) is 0 Å². The van der Waals surface area contributed by atoms with Crippen molar-refractivity contribution in [1.29, 1.82) is 0 Å². The van der Waals surface area contributed by atoms with Crippen LogP contribution in [-0.2, 0) is 6.54 Å². The molecule has 1 aliphatic rings. The largest absolute Gasteiger partial charge is 0.419 e. The first-order valence-electron chi connectivity index (χ1n) is 9.08. The van der Waals surface area contributed by atoms with E-state index < -0.39 is 0 Å². The highest BCUT2D eigenvalue weighted by Gasteiger charge is 2.24. The van der Waals surface area contributed by atoms with E-state index in [1.54, 1.807) is 33.7 Å². The number of amides is 1. The van der Waals surface area contributed by atoms with Crippen LogP contribution in [0.3, 0.4) is 0 Å². The lowest BCUT2D eigenvalue weighted by atomic mass is 10.2. The molecule has 6 nitrogen and oxygen atoms in total. The summed E-state index contributed by atoms with van der Waals surface area (Å²) in [5.41, 5.74) is 1.87. The first kappa shape index (κ1) is 19.1. The highest BCUT2D eigenvalue weighted by Crippen LogP contribution is 2.23. The number of hydrogen-bond acceptors (Lipinski definition) is 4. The van der Waals surface area contributed by atoms with Crippen LogP contribution >= 0.6 is 23.2 Å². The van der Waals surface area contributed by atoms with Gasteiger partial charge in [0.05, 0.1) is 16.1 Å². The van der Waals surface area contributed by atoms with Gasteiger partial charge in [-0.15, -0.1) is 0 Å². The number of fused-ring (bicyclic) bond motifs is 1. The minimum absolute atomic E-state index is 0.0848. The topological polar surface area (TPSA) is 58.7 Å². The number of aromatic nitrogens is 1. The van der Waals surface area contributed by atoms with Crippen LogP contribution in [-0.4, -0.2) is 53.0 Å². The van der Waals surface area contributed by atoms with Crippen molar-refractivity contribution in [1.82, 2.24) is 14.4 Å². The van der Waals surface area contributed by atoms with Crippen molar-refractivity contribution in [2.45, 2.75) is 6.54 Å². The second-order valence-electron chi connectivity index (χ2n) is 6.75. The molecule has 0 saturated carbocycles. The van der Waals surface area contributed by atoms with E-state index in [0.717, 1.165) is 18.6 Å². The van der Waals surface area contributed by atoms with Gasteiger partial charge in [0.2, 0.25) is 0 Å². The number of piperazine rings is 1. The third-order valence-corrected chi connectivity index (χ3v) is 5.58. The Kier molecular flexibility index (Phi) is 5.44. The van der Waals surface area contributed by atoms with Crippen LogP contribution in [0.25, 0.3) is 11.1 Å². The van der Waals surface area contributed by atoms with E-state index in [1.165, 1.54) is 0 Å². The molecule has 0 aliphatic carbocycles. The van der Waals surface area contributed by atoms with E-state index in [9.17, 15) is 9.59 Å². The predicted octanol–water partition coefficient (Wildman–Crippen LogP) is 3.36. The lowest BCUT2D eigenvalue weighted by molar-refractivity contribution is 0.0633. The maximum Gasteiger partial charge on any atom is 0.419 e. The zero-order valence-electron chi connectivity index (χ0n) is 15.1. The molecule has 0 bridgehead atoms. The van der Waals surface area contributed by atoms with Gasteiger partial charge in [-0.25, -0.2) is 4.79 Å². The Morgan fingerprint density at radius 1 is 1.00 bits per heavy atom. The number of hydrogen-bond donors (Lipinski definition) is 0. The summed E-state index contributed by atoms with van der Waals surface area (Å²) in [6, 6.07) is 12.3. The molecule has 0 unspecified atom stereocenters. The first-order valence-corrected chi connectivity index (χ1v) is 9.83. The summed E-state index contributed by atoms with van der Waals surface area (Å²) in [5, 5.41) is 0.875. The summed E-state index contributed by atoms with van der Waals surface area (Å²) in [7, 11) is 0. The molecular formula is C20H19Cl2N3O3. The molecule has 1 fully saturated rings. The van der Waals surface area contributed by atoms with E-state index in [1.807, 2.05) is 18.2 Å². The van der Waals surface area contributed by atoms with Crippen LogP contribution < -0.4 is 5.76 Å². The minimum Gasteiger partial charge on any atom is -0.408 e. The molecule has 1 saturated heterocycles. The van der Waals surface area contributed by atoms with Crippen LogP contribution in [0.15, 0.2) is 51.7 Å². The molecule has 0 atom stereocenters. The Balaban J connectivity index is 1.36. The number of nitrogens with zero attached hydrogens (tertiary/aromatic N) is 3. The SMILES string of the molecule is O=C(c1ccc(Cl)cc1Cl)N1CCN(CCn2c(=O)oc3ccccc32)CC1. The normalized spacial score (nSPS) is 15.3. The molecule has 146 valence electrons. The van der Waals surface area contributed by atoms with E-state index in [4.69, 9.17) is 27.6 Å². The molecule has 0 N–H and O–H groups in total. The molecule has 1 amide bonds. The maximum absolute atomic E-state index is 12.7. The molecule has 8 heteroatoms. The second kappa shape index (κ2) is 7.99. The number of carbonyl (C=O) groups excluding carboxylic acids is 1. The average molecular weight is 420 g/mol. The van der Waals surface area contributed by atoms with E-state index >= 15 is 0 Å². The fourth-order valence-electron chi connectivity index (χ4n) is 3.47. The zero-order valence-corrected chi connectivity index (χ0v) is 16.6. The Bertz CT molecular complexity index is 1070. The second-order valence-corrected chi connectivity index (χ2v) is 7.59. The van der Waals surface area contributed by atoms with Crippen LogP contribution in [0.4, 0.5) is 0 Å². The summed E-state index contributed by atoms with van der Waals surface area (Å²) < 4.78 is 6.92. The molecule has 2 aromatic carbocycles. The van der Waals surface area contributed by atoms with E-state index in [0.29, 0.717) is 47.4 Å². The van der Waals surface area contributed by atoms with E-state index in [-0.39, 0.29) is 11.7 Å². The third-order valence-electron chi connectivity index (χ3n) is 5.03. The number of para-hydroxylation sites is 2. The molecule has 1 aromatic heterocycles. The zero-order chi connectivity index (χ0) is 19.7.